The van der Waals surface area contributed by atoms with Crippen LogP contribution in [-0.2, 0) is 0 Å². The second-order valence-corrected chi connectivity index (χ2v) is 6.57. The average molecular weight is 386 g/mol. The first-order valence-electron chi connectivity index (χ1n) is 9.06. The number of benzene rings is 3. The maximum Gasteiger partial charge on any atom is 0.343 e. The minimum atomic E-state index is -0.649. The fraction of sp³-hybridized carbons (Fsp3) is 0.0833. The molecule has 1 heterocycles. The van der Waals surface area contributed by atoms with E-state index < -0.39 is 11.4 Å². The number of carbonyl (C=O) groups excluding carboxylic acids is 1. The van der Waals surface area contributed by atoms with Gasteiger partial charge in [-0.2, -0.15) is 0 Å². The predicted molar refractivity (Wildman–Crippen MR) is 111 cm³/mol. The van der Waals surface area contributed by atoms with Gasteiger partial charge >= 0.3 is 5.97 Å². The first-order chi connectivity index (χ1) is 14.1. The first kappa shape index (κ1) is 18.5. The van der Waals surface area contributed by atoms with Gasteiger partial charge in [-0.05, 0) is 43.3 Å². The summed E-state index contributed by atoms with van der Waals surface area (Å²) in [6, 6.07) is 20.8. The molecule has 1 aromatic heterocycles. The summed E-state index contributed by atoms with van der Waals surface area (Å²) in [6.07, 6.45) is 0. The summed E-state index contributed by atoms with van der Waals surface area (Å²) in [4.78, 5) is 25.8. The SMILES string of the molecule is COc1ccc(C(=O)Oc2c(-c3ccc(C)cc3)oc3ccccc3c2=O)cc1. The molecule has 0 saturated carbocycles. The zero-order valence-electron chi connectivity index (χ0n) is 16.0. The van der Waals surface area contributed by atoms with Crippen LogP contribution in [0.1, 0.15) is 15.9 Å². The van der Waals surface area contributed by atoms with Crippen LogP contribution in [0.5, 0.6) is 11.5 Å². The van der Waals surface area contributed by atoms with Gasteiger partial charge in [0.1, 0.15) is 11.3 Å². The molecule has 5 heteroatoms. The van der Waals surface area contributed by atoms with Crippen molar-refractivity contribution >= 4 is 16.9 Å². The number of hydrogen-bond acceptors (Lipinski definition) is 5. The van der Waals surface area contributed by atoms with E-state index in [0.29, 0.717) is 27.8 Å². The fourth-order valence-corrected chi connectivity index (χ4v) is 2.99. The molecule has 0 saturated heterocycles. The molecular formula is C24H18O5. The minimum absolute atomic E-state index is 0.131. The van der Waals surface area contributed by atoms with Crippen LogP contribution in [-0.4, -0.2) is 13.1 Å². The molecular weight excluding hydrogens is 368 g/mol. The normalized spacial score (nSPS) is 10.7. The quantitative estimate of drug-likeness (QED) is 0.462. The first-order valence-corrected chi connectivity index (χ1v) is 9.06. The lowest BCUT2D eigenvalue weighted by Gasteiger charge is -2.11. The van der Waals surface area contributed by atoms with Crippen molar-refractivity contribution in [2.24, 2.45) is 0 Å². The van der Waals surface area contributed by atoms with Gasteiger partial charge in [0.2, 0.25) is 11.2 Å². The molecule has 0 amide bonds. The molecule has 0 fully saturated rings. The van der Waals surface area contributed by atoms with Crippen LogP contribution >= 0.6 is 0 Å². The number of carbonyl (C=O) groups is 1. The van der Waals surface area contributed by atoms with E-state index in [1.165, 1.54) is 0 Å². The van der Waals surface area contributed by atoms with Crippen LogP contribution in [0.3, 0.4) is 0 Å². The van der Waals surface area contributed by atoms with Crippen molar-refractivity contribution in [3.8, 4) is 22.8 Å². The summed E-state index contributed by atoms with van der Waals surface area (Å²) >= 11 is 0. The van der Waals surface area contributed by atoms with Crippen molar-refractivity contribution in [3.05, 3.63) is 94.1 Å². The molecule has 5 nitrogen and oxygen atoms in total. The second-order valence-electron chi connectivity index (χ2n) is 6.57. The average Bonchev–Trinajstić information content (AvgIpc) is 2.76. The smallest absolute Gasteiger partial charge is 0.343 e. The topological polar surface area (TPSA) is 65.7 Å². The number of methoxy groups -OCH3 is 1. The zero-order chi connectivity index (χ0) is 20.4. The maximum atomic E-state index is 13.1. The molecule has 0 atom stereocenters. The van der Waals surface area contributed by atoms with Gasteiger partial charge in [0.15, 0.2) is 5.76 Å². The van der Waals surface area contributed by atoms with Gasteiger partial charge in [0, 0.05) is 5.56 Å². The highest BCUT2D eigenvalue weighted by Gasteiger charge is 2.21. The molecule has 0 aliphatic rings. The van der Waals surface area contributed by atoms with Crippen LogP contribution in [0.4, 0.5) is 0 Å². The summed E-state index contributed by atoms with van der Waals surface area (Å²) in [7, 11) is 1.54. The van der Waals surface area contributed by atoms with Crippen molar-refractivity contribution in [3.63, 3.8) is 0 Å². The Morgan fingerprint density at radius 2 is 1.59 bits per heavy atom. The fourth-order valence-electron chi connectivity index (χ4n) is 2.99. The molecule has 29 heavy (non-hydrogen) atoms. The van der Waals surface area contributed by atoms with Crippen LogP contribution in [0, 0.1) is 6.92 Å². The Balaban J connectivity index is 1.83. The molecule has 3 aromatic carbocycles. The lowest BCUT2D eigenvalue weighted by Crippen LogP contribution is -2.16. The van der Waals surface area contributed by atoms with E-state index in [9.17, 15) is 9.59 Å². The number of hydrogen-bond donors (Lipinski definition) is 0. The molecule has 0 radical (unpaired) electrons. The molecule has 0 bridgehead atoms. The van der Waals surface area contributed by atoms with E-state index in [-0.39, 0.29) is 11.5 Å². The molecule has 4 rings (SSSR count). The van der Waals surface area contributed by atoms with E-state index in [4.69, 9.17) is 13.9 Å². The van der Waals surface area contributed by atoms with Crippen LogP contribution in [0.25, 0.3) is 22.3 Å². The standard InChI is InChI=1S/C24H18O5/c1-15-7-9-16(10-8-15)22-23(21(25)19-5-3-4-6-20(19)28-22)29-24(26)17-11-13-18(27-2)14-12-17/h3-14H,1-2H3. The van der Waals surface area contributed by atoms with E-state index in [1.807, 2.05) is 31.2 Å². The van der Waals surface area contributed by atoms with Gasteiger partial charge in [-0.25, -0.2) is 4.79 Å². The van der Waals surface area contributed by atoms with Gasteiger partial charge in [-0.15, -0.1) is 0 Å². The van der Waals surface area contributed by atoms with Gasteiger partial charge in [0.05, 0.1) is 18.1 Å². The third-order valence-electron chi connectivity index (χ3n) is 4.59. The van der Waals surface area contributed by atoms with Gasteiger partial charge in [-0.3, -0.25) is 4.79 Å². The number of aryl methyl sites for hydroxylation is 1. The number of esters is 1. The van der Waals surface area contributed by atoms with E-state index >= 15 is 0 Å². The summed E-state index contributed by atoms with van der Waals surface area (Å²) in [5.74, 6) is 0.0552. The highest BCUT2D eigenvalue weighted by molar-refractivity contribution is 5.93. The maximum absolute atomic E-state index is 13.1. The Kier molecular flexibility index (Phi) is 4.87. The number of fused-ring (bicyclic) bond motifs is 1. The third kappa shape index (κ3) is 3.62. The van der Waals surface area contributed by atoms with Gasteiger partial charge < -0.3 is 13.9 Å². The number of ether oxygens (including phenoxy) is 2. The minimum Gasteiger partial charge on any atom is -0.497 e. The monoisotopic (exact) mass is 386 g/mol. The Labute approximate surface area is 167 Å². The van der Waals surface area contributed by atoms with Crippen LogP contribution < -0.4 is 14.9 Å². The molecule has 0 N–H and O–H groups in total. The summed E-state index contributed by atoms with van der Waals surface area (Å²) in [6.45, 7) is 1.96. The lowest BCUT2D eigenvalue weighted by molar-refractivity contribution is 0.0731. The second kappa shape index (κ2) is 7.64. The summed E-state index contributed by atoms with van der Waals surface area (Å²) < 4.78 is 16.6. The Bertz CT molecular complexity index is 1240. The van der Waals surface area contributed by atoms with E-state index in [1.54, 1.807) is 55.6 Å². The van der Waals surface area contributed by atoms with Crippen molar-refractivity contribution in [2.45, 2.75) is 6.92 Å². The Morgan fingerprint density at radius 3 is 2.28 bits per heavy atom. The van der Waals surface area contributed by atoms with Gasteiger partial charge in [-0.1, -0.05) is 42.0 Å². The van der Waals surface area contributed by atoms with Gasteiger partial charge in [0.25, 0.3) is 0 Å². The van der Waals surface area contributed by atoms with Crippen molar-refractivity contribution in [1.29, 1.82) is 0 Å². The molecule has 0 spiro atoms. The molecule has 0 aliphatic carbocycles. The van der Waals surface area contributed by atoms with Crippen LogP contribution in [0.2, 0.25) is 0 Å². The molecule has 0 aliphatic heterocycles. The Morgan fingerprint density at radius 1 is 0.897 bits per heavy atom. The molecule has 4 aromatic rings. The van der Waals surface area contributed by atoms with Crippen molar-refractivity contribution in [2.75, 3.05) is 7.11 Å². The Hall–Kier alpha value is -3.86. The molecule has 0 unspecified atom stereocenters. The van der Waals surface area contributed by atoms with Crippen molar-refractivity contribution < 1.29 is 18.7 Å². The van der Waals surface area contributed by atoms with Crippen LogP contribution in [0.15, 0.2) is 82.0 Å². The summed E-state index contributed by atoms with van der Waals surface area (Å²) in [5.41, 5.74) is 2.04. The lowest BCUT2D eigenvalue weighted by atomic mass is 10.1. The number of para-hydroxylation sites is 1. The molecule has 144 valence electrons. The highest BCUT2D eigenvalue weighted by atomic mass is 16.5. The number of rotatable bonds is 4. The predicted octanol–water partition coefficient (Wildman–Crippen LogP) is 5.00. The summed E-state index contributed by atoms with van der Waals surface area (Å²) in [5, 5.41) is 0.348. The van der Waals surface area contributed by atoms with Crippen molar-refractivity contribution in [1.82, 2.24) is 0 Å². The largest absolute Gasteiger partial charge is 0.497 e. The van der Waals surface area contributed by atoms with E-state index in [0.717, 1.165) is 5.56 Å². The van der Waals surface area contributed by atoms with E-state index in [2.05, 4.69) is 0 Å². The highest BCUT2D eigenvalue weighted by Crippen LogP contribution is 2.31. The zero-order valence-corrected chi connectivity index (χ0v) is 16.0. The third-order valence-corrected chi connectivity index (χ3v) is 4.59.